The maximum absolute atomic E-state index is 9.96. The Morgan fingerprint density at radius 2 is 1.90 bits per heavy atom. The molecule has 1 heterocycles. The van der Waals surface area contributed by atoms with Crippen LogP contribution in [0.4, 0.5) is 0 Å². The summed E-state index contributed by atoms with van der Waals surface area (Å²) in [5, 5.41) is 14.3. The Bertz CT molecular complexity index is 618. The number of aliphatic hydroxyl groups excluding tert-OH is 1. The van der Waals surface area contributed by atoms with Gasteiger partial charge in [0.05, 0.1) is 24.5 Å². The van der Waals surface area contributed by atoms with Gasteiger partial charge in [-0.3, -0.25) is 4.68 Å². The first-order valence-electron chi connectivity index (χ1n) is 6.48. The van der Waals surface area contributed by atoms with Crippen molar-refractivity contribution < 1.29 is 14.6 Å². The highest BCUT2D eigenvalue weighted by Crippen LogP contribution is 2.38. The summed E-state index contributed by atoms with van der Waals surface area (Å²) in [6, 6.07) is 5.45. The molecule has 0 saturated carbocycles. The Morgan fingerprint density at radius 3 is 2.40 bits per heavy atom. The van der Waals surface area contributed by atoms with Crippen molar-refractivity contribution in [2.24, 2.45) is 7.05 Å². The zero-order valence-corrected chi connectivity index (χ0v) is 12.5. The van der Waals surface area contributed by atoms with Crippen LogP contribution in [0, 0.1) is 13.8 Å². The van der Waals surface area contributed by atoms with Crippen LogP contribution in [0.3, 0.4) is 0 Å². The van der Waals surface area contributed by atoms with Crippen molar-refractivity contribution in [1.29, 1.82) is 0 Å². The minimum atomic E-state index is -0.682. The fourth-order valence-corrected chi connectivity index (χ4v) is 2.21. The van der Waals surface area contributed by atoms with Gasteiger partial charge in [0.25, 0.3) is 0 Å². The molecule has 5 nitrogen and oxygen atoms in total. The number of aromatic nitrogens is 2. The third-order valence-electron chi connectivity index (χ3n) is 3.32. The topological polar surface area (TPSA) is 56.5 Å². The summed E-state index contributed by atoms with van der Waals surface area (Å²) < 4.78 is 13.0. The molecule has 0 spiro atoms. The van der Waals surface area contributed by atoms with E-state index in [0.717, 1.165) is 11.4 Å². The number of methoxy groups -OCH3 is 1. The molecule has 1 aromatic carbocycles. The first-order chi connectivity index (χ1) is 9.45. The Morgan fingerprint density at radius 1 is 1.25 bits per heavy atom. The third-order valence-corrected chi connectivity index (χ3v) is 3.32. The predicted molar refractivity (Wildman–Crippen MR) is 76.4 cm³/mol. The first-order valence-corrected chi connectivity index (χ1v) is 6.48. The van der Waals surface area contributed by atoms with E-state index in [-0.39, 0.29) is 0 Å². The molecule has 0 aliphatic rings. The molecule has 1 N–H and O–H groups in total. The normalized spacial score (nSPS) is 12.3. The van der Waals surface area contributed by atoms with E-state index in [2.05, 4.69) is 5.10 Å². The van der Waals surface area contributed by atoms with Crippen LogP contribution < -0.4 is 9.47 Å². The fraction of sp³-hybridized carbons (Fsp3) is 0.400. The first kappa shape index (κ1) is 14.4. The average Bonchev–Trinajstić information content (AvgIpc) is 2.64. The Kier molecular flexibility index (Phi) is 3.99. The molecule has 0 aliphatic heterocycles. The van der Waals surface area contributed by atoms with Gasteiger partial charge in [0, 0.05) is 7.05 Å². The summed E-state index contributed by atoms with van der Waals surface area (Å²) in [5.41, 5.74) is 2.38. The van der Waals surface area contributed by atoms with Crippen LogP contribution in [0.1, 0.15) is 30.0 Å². The minimum absolute atomic E-state index is 0.582. The van der Waals surface area contributed by atoms with Crippen molar-refractivity contribution in [2.45, 2.75) is 26.9 Å². The maximum atomic E-state index is 9.96. The molecule has 0 saturated heterocycles. The van der Waals surface area contributed by atoms with Crippen LogP contribution in [0.5, 0.6) is 17.2 Å². The lowest BCUT2D eigenvalue weighted by Gasteiger charge is -2.16. The van der Waals surface area contributed by atoms with Crippen LogP contribution in [-0.2, 0) is 7.05 Å². The molecule has 2 rings (SSSR count). The highest BCUT2D eigenvalue weighted by Gasteiger charge is 2.19. The molecule has 1 aromatic heterocycles. The number of ether oxygens (including phenoxy) is 2. The molecule has 5 heteroatoms. The minimum Gasteiger partial charge on any atom is -0.496 e. The molecule has 20 heavy (non-hydrogen) atoms. The van der Waals surface area contributed by atoms with Gasteiger partial charge in [-0.15, -0.1) is 0 Å². The van der Waals surface area contributed by atoms with Gasteiger partial charge < -0.3 is 14.6 Å². The van der Waals surface area contributed by atoms with Crippen LogP contribution in [0.15, 0.2) is 18.2 Å². The van der Waals surface area contributed by atoms with Gasteiger partial charge in [-0.2, -0.15) is 5.10 Å². The smallest absolute Gasteiger partial charge is 0.171 e. The van der Waals surface area contributed by atoms with Crippen molar-refractivity contribution in [3.8, 4) is 17.2 Å². The lowest BCUT2D eigenvalue weighted by molar-refractivity contribution is 0.190. The van der Waals surface area contributed by atoms with Gasteiger partial charge in [0.2, 0.25) is 0 Å². The molecule has 0 fully saturated rings. The Hall–Kier alpha value is -2.01. The number of aryl methyl sites for hydroxylation is 2. The highest BCUT2D eigenvalue weighted by molar-refractivity contribution is 5.49. The van der Waals surface area contributed by atoms with E-state index in [1.54, 1.807) is 24.8 Å². The van der Waals surface area contributed by atoms with E-state index in [0.29, 0.717) is 22.8 Å². The van der Waals surface area contributed by atoms with Crippen LogP contribution in [0.2, 0.25) is 0 Å². The summed E-state index contributed by atoms with van der Waals surface area (Å²) in [7, 11) is 3.45. The van der Waals surface area contributed by atoms with Crippen molar-refractivity contribution in [1.82, 2.24) is 9.78 Å². The number of hydrogen-bond acceptors (Lipinski definition) is 4. The van der Waals surface area contributed by atoms with E-state index >= 15 is 0 Å². The number of rotatable bonds is 4. The lowest BCUT2D eigenvalue weighted by atomic mass is 10.1. The van der Waals surface area contributed by atoms with Crippen LogP contribution in [-0.4, -0.2) is 22.0 Å². The Balaban J connectivity index is 2.48. The summed E-state index contributed by atoms with van der Waals surface area (Å²) in [4.78, 5) is 0. The molecule has 0 amide bonds. The molecule has 108 valence electrons. The summed E-state index contributed by atoms with van der Waals surface area (Å²) in [6.07, 6.45) is -0.682. The SMILES string of the molecule is COc1cccc(Oc2c(C)nn(C)c2C)c1[C@H](C)O. The molecular formula is C15H20N2O3. The standard InChI is InChI=1S/C15H20N2O3/c1-9-15(10(2)17(4)16-9)20-13-8-6-7-12(19-5)14(13)11(3)18/h6-8,11,18H,1-5H3/t11-/m0/s1. The van der Waals surface area contributed by atoms with Crippen molar-refractivity contribution in [2.75, 3.05) is 7.11 Å². The van der Waals surface area contributed by atoms with Crippen molar-refractivity contribution in [3.63, 3.8) is 0 Å². The van der Waals surface area contributed by atoms with E-state index in [4.69, 9.17) is 9.47 Å². The number of hydrogen-bond donors (Lipinski definition) is 1. The van der Waals surface area contributed by atoms with Crippen molar-refractivity contribution >= 4 is 0 Å². The second-order valence-corrected chi connectivity index (χ2v) is 4.77. The quantitative estimate of drug-likeness (QED) is 0.933. The number of aliphatic hydroxyl groups is 1. The monoisotopic (exact) mass is 276 g/mol. The zero-order valence-electron chi connectivity index (χ0n) is 12.5. The maximum Gasteiger partial charge on any atom is 0.171 e. The molecular weight excluding hydrogens is 256 g/mol. The zero-order chi connectivity index (χ0) is 14.9. The van der Waals surface area contributed by atoms with E-state index < -0.39 is 6.10 Å². The Labute approximate surface area is 118 Å². The summed E-state index contributed by atoms with van der Waals surface area (Å²) >= 11 is 0. The second-order valence-electron chi connectivity index (χ2n) is 4.77. The van der Waals surface area contributed by atoms with E-state index in [1.165, 1.54) is 0 Å². The average molecular weight is 276 g/mol. The van der Waals surface area contributed by atoms with E-state index in [9.17, 15) is 5.11 Å². The summed E-state index contributed by atoms with van der Waals surface area (Å²) in [6.45, 7) is 5.52. The number of nitrogens with zero attached hydrogens (tertiary/aromatic N) is 2. The van der Waals surface area contributed by atoms with Gasteiger partial charge in [-0.05, 0) is 32.9 Å². The van der Waals surface area contributed by atoms with E-state index in [1.807, 2.05) is 33.0 Å². The largest absolute Gasteiger partial charge is 0.496 e. The van der Waals surface area contributed by atoms with Gasteiger partial charge in [0.15, 0.2) is 5.75 Å². The third kappa shape index (κ3) is 2.49. The van der Waals surface area contributed by atoms with Gasteiger partial charge in [-0.25, -0.2) is 0 Å². The predicted octanol–water partition coefficient (Wildman–Crippen LogP) is 2.89. The number of benzene rings is 1. The molecule has 0 bridgehead atoms. The lowest BCUT2D eigenvalue weighted by Crippen LogP contribution is -2.01. The van der Waals surface area contributed by atoms with Gasteiger partial charge in [-0.1, -0.05) is 6.07 Å². The molecule has 2 aromatic rings. The van der Waals surface area contributed by atoms with Gasteiger partial charge in [0.1, 0.15) is 17.2 Å². The fourth-order valence-electron chi connectivity index (χ4n) is 2.21. The second kappa shape index (κ2) is 5.54. The summed E-state index contributed by atoms with van der Waals surface area (Å²) in [5.74, 6) is 1.90. The van der Waals surface area contributed by atoms with Crippen LogP contribution in [0.25, 0.3) is 0 Å². The highest BCUT2D eigenvalue weighted by atomic mass is 16.5. The molecule has 1 atom stereocenters. The molecule has 0 aliphatic carbocycles. The van der Waals surface area contributed by atoms with Gasteiger partial charge >= 0.3 is 0 Å². The van der Waals surface area contributed by atoms with Crippen molar-refractivity contribution in [3.05, 3.63) is 35.2 Å². The molecule has 0 unspecified atom stereocenters. The molecule has 0 radical (unpaired) electrons. The van der Waals surface area contributed by atoms with Crippen LogP contribution >= 0.6 is 0 Å².